The molecule has 0 aromatic carbocycles. The molecule has 0 heterocycles. The molecule has 0 atom stereocenters. The number of rotatable bonds is 24. The van der Waals surface area contributed by atoms with Crippen LogP contribution in [0, 0.1) is 0 Å². The Hall–Kier alpha value is -0.501. The summed E-state index contributed by atoms with van der Waals surface area (Å²) in [6, 6.07) is 0. The first-order valence-electron chi connectivity index (χ1n) is 16.7. The Balaban J connectivity index is -0.000000382. The standard InChI is InChI=1S/C21H50N6.2C4H9.2C2H4O2.Sn/c1-22(2)13-9-17-26(18-10-14-23(3)4)21-27(19-11-15-24(5)6)20-12-16-25(7)8;2*1-3-4-2;2*1-2(3)4;/h9-21H2,1-8H3;2*1,3-4H2,2H3;2*1H3,(H,3,4);/q;;;;;+2/p-2. The summed E-state index contributed by atoms with van der Waals surface area (Å²) in [5, 5.41) is 17.8. The van der Waals surface area contributed by atoms with Gasteiger partial charge >= 0.3 is 69.5 Å². The van der Waals surface area contributed by atoms with Gasteiger partial charge in [0, 0.05) is 38.1 Å². The van der Waals surface area contributed by atoms with Crippen molar-refractivity contribution in [2.75, 3.05) is 115 Å². The van der Waals surface area contributed by atoms with Crippen LogP contribution in [0.3, 0.4) is 0 Å². The number of carboxylic acid groups (broad SMARTS) is 2. The molecule has 0 bridgehead atoms. The van der Waals surface area contributed by atoms with Crippen LogP contribution in [0.15, 0.2) is 0 Å². The van der Waals surface area contributed by atoms with E-state index in [1.165, 1.54) is 104 Å². The van der Waals surface area contributed by atoms with Crippen molar-refractivity contribution in [1.82, 2.24) is 29.4 Å². The molecule has 0 unspecified atom stereocenters. The molecule has 10 nitrogen and oxygen atoms in total. The molecule has 0 aromatic heterocycles. The third kappa shape index (κ3) is 60.7. The first-order chi connectivity index (χ1) is 20.6. The second kappa shape index (κ2) is 38.7. The molecular weight excluding hydrogens is 663 g/mol. The van der Waals surface area contributed by atoms with Gasteiger partial charge in [0.05, 0.1) is 6.67 Å². The molecule has 0 aliphatic rings. The summed E-state index contributed by atoms with van der Waals surface area (Å²) in [6.07, 6.45) is 10.8. The molecule has 0 aromatic rings. The van der Waals surface area contributed by atoms with Crippen molar-refractivity contribution in [2.45, 2.75) is 87.9 Å². The number of carbonyl (C=O) groups excluding carboxylic acids is 2. The SMILES string of the molecule is CC(=O)[O-].CC(=O)[O-].CCC[CH2][Sn+2][CH2]CCC.CN(C)CCCN(CCCN(C)C)CN(CCCN(C)C)CCCN(C)C. The van der Waals surface area contributed by atoms with Gasteiger partial charge in [-0.1, -0.05) is 0 Å². The second-order valence-corrected chi connectivity index (χ2v) is 16.7. The average Bonchev–Trinajstić information content (AvgIpc) is 2.87. The quantitative estimate of drug-likeness (QED) is 0.0832. The van der Waals surface area contributed by atoms with Crippen LogP contribution in [0.1, 0.15) is 79.1 Å². The van der Waals surface area contributed by atoms with Gasteiger partial charge in [-0.2, -0.15) is 0 Å². The minimum atomic E-state index is -1.08. The maximum atomic E-state index is 8.89. The van der Waals surface area contributed by atoms with Gasteiger partial charge in [-0.25, -0.2) is 0 Å². The molecule has 0 saturated heterocycles. The maximum Gasteiger partial charge on any atom is 0.0506 e. The van der Waals surface area contributed by atoms with Crippen molar-refractivity contribution in [3.8, 4) is 0 Å². The van der Waals surface area contributed by atoms with Crippen molar-refractivity contribution in [3.63, 3.8) is 0 Å². The van der Waals surface area contributed by atoms with Gasteiger partial charge in [-0.3, -0.25) is 9.80 Å². The maximum absolute atomic E-state index is 8.89. The number of carbonyl (C=O) groups is 2. The van der Waals surface area contributed by atoms with E-state index < -0.39 is 11.9 Å². The van der Waals surface area contributed by atoms with Crippen LogP contribution >= 0.6 is 0 Å². The number of hydrogen-bond acceptors (Lipinski definition) is 10. The third-order valence-electron chi connectivity index (χ3n) is 6.13. The fourth-order valence-electron chi connectivity index (χ4n) is 3.96. The van der Waals surface area contributed by atoms with Crippen LogP contribution in [-0.4, -0.2) is 178 Å². The zero-order valence-corrected chi connectivity index (χ0v) is 34.1. The summed E-state index contributed by atoms with van der Waals surface area (Å²) < 4.78 is 3.25. The van der Waals surface area contributed by atoms with Crippen molar-refractivity contribution in [3.05, 3.63) is 0 Å². The number of nitrogens with zero attached hydrogens (tertiary/aromatic N) is 6. The van der Waals surface area contributed by atoms with E-state index in [4.69, 9.17) is 19.8 Å². The molecule has 0 amide bonds. The zero-order valence-electron chi connectivity index (χ0n) is 31.3. The number of carboxylic acids is 2. The number of aliphatic carboxylic acids is 2. The van der Waals surface area contributed by atoms with Gasteiger partial charge in [0.1, 0.15) is 0 Å². The largest absolute Gasteiger partial charge is 0.309 e. The molecule has 264 valence electrons. The monoisotopic (exact) mass is 738 g/mol. The van der Waals surface area contributed by atoms with Crippen LogP contribution < -0.4 is 10.2 Å². The van der Waals surface area contributed by atoms with E-state index in [0.717, 1.165) is 20.5 Å². The summed E-state index contributed by atoms with van der Waals surface area (Å²) in [5.74, 6) is -2.17. The third-order valence-corrected chi connectivity index (χ3v) is 10.2. The van der Waals surface area contributed by atoms with E-state index in [1.54, 1.807) is 8.87 Å². The first-order valence-corrected chi connectivity index (χ1v) is 20.7. The van der Waals surface area contributed by atoms with Crippen LogP contribution in [0.5, 0.6) is 0 Å². The van der Waals surface area contributed by atoms with Crippen molar-refractivity contribution >= 4 is 33.1 Å². The smallest absolute Gasteiger partial charge is 0.0506 e. The van der Waals surface area contributed by atoms with Gasteiger partial charge in [0.25, 0.3) is 0 Å². The Labute approximate surface area is 284 Å². The molecule has 0 aliphatic carbocycles. The molecule has 44 heavy (non-hydrogen) atoms. The Morgan fingerprint density at radius 1 is 0.477 bits per heavy atom. The predicted molar refractivity (Wildman–Crippen MR) is 187 cm³/mol. The average molecular weight is 738 g/mol. The molecular formula is C33H74N6O4Sn. The Bertz CT molecular complexity index is 515. The molecule has 0 rings (SSSR count). The number of hydrogen-bond donors (Lipinski definition) is 0. The summed E-state index contributed by atoms with van der Waals surface area (Å²) in [4.78, 5) is 32.3. The molecule has 0 N–H and O–H groups in total. The van der Waals surface area contributed by atoms with Crippen molar-refractivity contribution in [2.24, 2.45) is 0 Å². The fraction of sp³-hybridized carbons (Fsp3) is 0.939. The van der Waals surface area contributed by atoms with Crippen molar-refractivity contribution in [1.29, 1.82) is 0 Å². The van der Waals surface area contributed by atoms with Gasteiger partial charge in [0.15, 0.2) is 0 Å². The molecule has 0 aliphatic heterocycles. The van der Waals surface area contributed by atoms with Crippen LogP contribution in [0.25, 0.3) is 0 Å². The zero-order chi connectivity index (χ0) is 34.8. The Morgan fingerprint density at radius 2 is 0.705 bits per heavy atom. The minimum Gasteiger partial charge on any atom is -0.309 e. The summed E-state index contributed by atoms with van der Waals surface area (Å²) in [6.45, 7) is 17.1. The Morgan fingerprint density at radius 3 is 0.886 bits per heavy atom. The van der Waals surface area contributed by atoms with Gasteiger partial charge in [-0.15, -0.1) is 0 Å². The molecule has 0 radical (unpaired) electrons. The van der Waals surface area contributed by atoms with Gasteiger partial charge < -0.3 is 39.4 Å². The van der Waals surface area contributed by atoms with E-state index in [2.05, 4.69) is 99.6 Å². The fourth-order valence-corrected chi connectivity index (χ4v) is 8.12. The summed E-state index contributed by atoms with van der Waals surface area (Å²) in [5.41, 5.74) is 0. The summed E-state index contributed by atoms with van der Waals surface area (Å²) >= 11 is 0.149. The minimum absolute atomic E-state index is 0.149. The van der Waals surface area contributed by atoms with Crippen LogP contribution in [-0.2, 0) is 9.59 Å². The summed E-state index contributed by atoms with van der Waals surface area (Å²) in [7, 11) is 17.4. The molecule has 0 saturated carbocycles. The van der Waals surface area contributed by atoms with Gasteiger partial charge in [0.2, 0.25) is 0 Å². The predicted octanol–water partition coefficient (Wildman–Crippen LogP) is 1.99. The van der Waals surface area contributed by atoms with Crippen LogP contribution in [0.4, 0.5) is 0 Å². The molecule has 11 heteroatoms. The molecule has 0 spiro atoms. The first kappa shape index (κ1) is 50.4. The van der Waals surface area contributed by atoms with Gasteiger partial charge in [-0.05, 0) is 122 Å². The Kier molecular flexibility index (Phi) is 44.3. The number of unbranched alkanes of at least 4 members (excludes halogenated alkanes) is 2. The topological polar surface area (TPSA) is 99.7 Å². The van der Waals surface area contributed by atoms with Crippen LogP contribution in [0.2, 0.25) is 8.87 Å². The van der Waals surface area contributed by atoms with E-state index in [1.807, 2.05) is 0 Å². The van der Waals surface area contributed by atoms with E-state index in [-0.39, 0.29) is 21.1 Å². The van der Waals surface area contributed by atoms with Crippen molar-refractivity contribution < 1.29 is 19.8 Å². The van der Waals surface area contributed by atoms with E-state index >= 15 is 0 Å². The normalized spacial score (nSPS) is 10.8. The van der Waals surface area contributed by atoms with E-state index in [0.29, 0.717) is 0 Å². The molecule has 0 fully saturated rings. The van der Waals surface area contributed by atoms with E-state index in [9.17, 15) is 0 Å². The second-order valence-electron chi connectivity index (χ2n) is 12.4.